The minimum absolute atomic E-state index is 0.0159. The van der Waals surface area contributed by atoms with Gasteiger partial charge in [-0.3, -0.25) is 4.90 Å². The molecule has 0 aromatic carbocycles. The molecule has 1 atom stereocenters. The van der Waals surface area contributed by atoms with E-state index < -0.39 is 6.09 Å². The molecule has 1 fully saturated rings. The first-order valence-corrected chi connectivity index (χ1v) is 3.88. The molecular weight excluding hydrogens is 156 g/mol. The molecule has 1 heterocycles. The number of hydrogen-bond donors (Lipinski definition) is 1. The predicted molar refractivity (Wildman–Crippen MR) is 44.1 cm³/mol. The molecule has 0 aromatic rings. The first-order valence-electron chi connectivity index (χ1n) is 3.88. The number of hydrogen-bond acceptors (Lipinski definition) is 3. The highest BCUT2D eigenvalue weighted by Gasteiger charge is 2.26. The van der Waals surface area contributed by atoms with E-state index in [1.807, 2.05) is 0 Å². The topological polar surface area (TPSA) is 55.6 Å². The average Bonchev–Trinajstić information content (AvgIpc) is 2.47. The van der Waals surface area contributed by atoms with Crippen LogP contribution in [0.25, 0.3) is 0 Å². The molecule has 2 N–H and O–H groups in total. The summed E-state index contributed by atoms with van der Waals surface area (Å²) in [6, 6.07) is 0. The van der Waals surface area contributed by atoms with Gasteiger partial charge in [0.2, 0.25) is 0 Å². The average molecular weight is 168 g/mol. The fourth-order valence-corrected chi connectivity index (χ4v) is 1.21. The Morgan fingerprint density at radius 3 is 3.08 bits per heavy atom. The molecule has 12 heavy (non-hydrogen) atoms. The zero-order valence-electron chi connectivity index (χ0n) is 6.82. The molecule has 4 nitrogen and oxygen atoms in total. The molecule has 0 bridgehead atoms. The first kappa shape index (κ1) is 8.88. The van der Waals surface area contributed by atoms with Gasteiger partial charge in [0.25, 0.3) is 0 Å². The second kappa shape index (κ2) is 3.98. The quantitative estimate of drug-likeness (QED) is 0.566. The number of amides is 1. The van der Waals surface area contributed by atoms with Crippen molar-refractivity contribution in [3.8, 4) is 12.3 Å². The number of carbonyl (C=O) groups is 1. The van der Waals surface area contributed by atoms with Crippen LogP contribution in [0.3, 0.4) is 0 Å². The van der Waals surface area contributed by atoms with Crippen molar-refractivity contribution < 1.29 is 9.53 Å². The maximum atomic E-state index is 11.1. The highest BCUT2D eigenvalue weighted by molar-refractivity contribution is 5.68. The Morgan fingerprint density at radius 2 is 2.58 bits per heavy atom. The third kappa shape index (κ3) is 1.89. The molecule has 0 radical (unpaired) electrons. The summed E-state index contributed by atoms with van der Waals surface area (Å²) in [7, 11) is 0. The van der Waals surface area contributed by atoms with E-state index in [1.54, 1.807) is 0 Å². The summed E-state index contributed by atoms with van der Waals surface area (Å²) in [6.45, 7) is 0.687. The van der Waals surface area contributed by atoms with Crippen molar-refractivity contribution in [1.82, 2.24) is 4.90 Å². The van der Waals surface area contributed by atoms with Gasteiger partial charge in [0, 0.05) is 6.54 Å². The number of likely N-dealkylation sites (tertiary alicyclic amines) is 1. The van der Waals surface area contributed by atoms with E-state index in [0.29, 0.717) is 6.54 Å². The van der Waals surface area contributed by atoms with Gasteiger partial charge >= 0.3 is 6.09 Å². The zero-order valence-corrected chi connectivity index (χ0v) is 6.82. The first-order chi connectivity index (χ1) is 5.75. The van der Waals surface area contributed by atoms with Crippen LogP contribution in [-0.4, -0.2) is 30.3 Å². The lowest BCUT2D eigenvalue weighted by molar-refractivity contribution is 0.110. The normalized spacial score (nSPS) is 22.0. The molecular formula is C8H12N2O2. The van der Waals surface area contributed by atoms with Gasteiger partial charge in [-0.15, -0.1) is 6.42 Å². The molecule has 1 saturated heterocycles. The minimum Gasteiger partial charge on any atom is -0.436 e. The summed E-state index contributed by atoms with van der Waals surface area (Å²) < 4.78 is 4.72. The molecule has 0 spiro atoms. The summed E-state index contributed by atoms with van der Waals surface area (Å²) in [4.78, 5) is 12.6. The summed E-state index contributed by atoms with van der Waals surface area (Å²) in [6.07, 6.45) is 6.10. The van der Waals surface area contributed by atoms with Crippen molar-refractivity contribution in [2.45, 2.75) is 19.0 Å². The second-order valence-corrected chi connectivity index (χ2v) is 2.66. The SMILES string of the molecule is C#CCOC(=O)N1CCCC1N. The van der Waals surface area contributed by atoms with Gasteiger partial charge in [-0.25, -0.2) is 4.79 Å². The number of terminal acetylenes is 1. The van der Waals surface area contributed by atoms with Crippen molar-refractivity contribution in [3.63, 3.8) is 0 Å². The molecule has 1 aliphatic heterocycles. The van der Waals surface area contributed by atoms with Crippen LogP contribution in [0.15, 0.2) is 0 Å². The van der Waals surface area contributed by atoms with E-state index in [4.69, 9.17) is 16.9 Å². The molecule has 0 aromatic heterocycles. The number of ether oxygens (including phenoxy) is 1. The van der Waals surface area contributed by atoms with Crippen LogP contribution in [0.4, 0.5) is 4.79 Å². The fourth-order valence-electron chi connectivity index (χ4n) is 1.21. The van der Waals surface area contributed by atoms with Crippen LogP contribution >= 0.6 is 0 Å². The molecule has 66 valence electrons. The standard InChI is InChI=1S/C8H12N2O2/c1-2-6-12-8(11)10-5-3-4-7(10)9/h1,7H,3-6,9H2. The third-order valence-electron chi connectivity index (χ3n) is 1.81. The molecule has 1 aliphatic rings. The summed E-state index contributed by atoms with van der Waals surface area (Å²) in [5, 5.41) is 0. The summed E-state index contributed by atoms with van der Waals surface area (Å²) in [5.41, 5.74) is 5.63. The summed E-state index contributed by atoms with van der Waals surface area (Å²) in [5.74, 6) is 2.23. The van der Waals surface area contributed by atoms with E-state index in [0.717, 1.165) is 12.8 Å². The van der Waals surface area contributed by atoms with Crippen molar-refractivity contribution >= 4 is 6.09 Å². The van der Waals surface area contributed by atoms with Crippen molar-refractivity contribution in [2.24, 2.45) is 5.73 Å². The van der Waals surface area contributed by atoms with Gasteiger partial charge in [0.1, 0.15) is 0 Å². The van der Waals surface area contributed by atoms with Gasteiger partial charge in [-0.05, 0) is 12.8 Å². The smallest absolute Gasteiger partial charge is 0.411 e. The number of rotatable bonds is 1. The number of nitrogens with two attached hydrogens (primary N) is 1. The lowest BCUT2D eigenvalue weighted by atomic mass is 10.3. The second-order valence-electron chi connectivity index (χ2n) is 2.66. The van der Waals surface area contributed by atoms with Crippen LogP contribution in [-0.2, 0) is 4.74 Å². The van der Waals surface area contributed by atoms with Gasteiger partial charge in [-0.1, -0.05) is 5.92 Å². The Hall–Kier alpha value is -1.21. The van der Waals surface area contributed by atoms with E-state index in [2.05, 4.69) is 5.92 Å². The van der Waals surface area contributed by atoms with Crippen LogP contribution < -0.4 is 5.73 Å². The highest BCUT2D eigenvalue weighted by atomic mass is 16.6. The summed E-state index contributed by atoms with van der Waals surface area (Å²) >= 11 is 0. The van der Waals surface area contributed by atoms with Crippen LogP contribution in [0.1, 0.15) is 12.8 Å². The molecule has 1 rings (SSSR count). The fraction of sp³-hybridized carbons (Fsp3) is 0.625. The molecule has 0 aliphatic carbocycles. The Morgan fingerprint density at radius 1 is 1.83 bits per heavy atom. The van der Waals surface area contributed by atoms with Crippen LogP contribution in [0, 0.1) is 12.3 Å². The van der Waals surface area contributed by atoms with Gasteiger partial charge in [0.05, 0.1) is 6.17 Å². The third-order valence-corrected chi connectivity index (χ3v) is 1.81. The lowest BCUT2D eigenvalue weighted by Gasteiger charge is -2.19. The van der Waals surface area contributed by atoms with Crippen LogP contribution in [0.5, 0.6) is 0 Å². The molecule has 0 saturated carbocycles. The molecule has 4 heteroatoms. The zero-order chi connectivity index (χ0) is 8.97. The van der Waals surface area contributed by atoms with E-state index in [9.17, 15) is 4.79 Å². The Bertz CT molecular complexity index is 210. The van der Waals surface area contributed by atoms with Crippen molar-refractivity contribution in [2.75, 3.05) is 13.2 Å². The Labute approximate surface area is 71.7 Å². The monoisotopic (exact) mass is 168 g/mol. The lowest BCUT2D eigenvalue weighted by Crippen LogP contribution is -2.41. The predicted octanol–water partition coefficient (Wildman–Crippen LogP) is 0.137. The van der Waals surface area contributed by atoms with Gasteiger partial charge in [-0.2, -0.15) is 0 Å². The number of carbonyl (C=O) groups excluding carboxylic acids is 1. The largest absolute Gasteiger partial charge is 0.436 e. The molecule has 1 unspecified atom stereocenters. The number of nitrogens with zero attached hydrogens (tertiary/aromatic N) is 1. The van der Waals surface area contributed by atoms with Crippen molar-refractivity contribution in [1.29, 1.82) is 0 Å². The van der Waals surface area contributed by atoms with E-state index in [1.165, 1.54) is 4.90 Å². The minimum atomic E-state index is -0.405. The van der Waals surface area contributed by atoms with Gasteiger partial charge in [0.15, 0.2) is 6.61 Å². The maximum absolute atomic E-state index is 11.1. The Balaban J connectivity index is 2.37. The van der Waals surface area contributed by atoms with E-state index in [-0.39, 0.29) is 12.8 Å². The Kier molecular flexibility index (Phi) is 2.94. The van der Waals surface area contributed by atoms with Crippen LogP contribution in [0.2, 0.25) is 0 Å². The van der Waals surface area contributed by atoms with Gasteiger partial charge < -0.3 is 10.5 Å². The highest BCUT2D eigenvalue weighted by Crippen LogP contribution is 2.13. The maximum Gasteiger partial charge on any atom is 0.411 e. The van der Waals surface area contributed by atoms with Crippen molar-refractivity contribution in [3.05, 3.63) is 0 Å². The van der Waals surface area contributed by atoms with E-state index >= 15 is 0 Å². The molecule has 1 amide bonds.